The number of benzene rings is 1. The van der Waals surface area contributed by atoms with Crippen molar-refractivity contribution in [3.8, 4) is 5.88 Å². The minimum atomic E-state index is -4.37. The molecule has 30 heavy (non-hydrogen) atoms. The van der Waals surface area contributed by atoms with Crippen molar-refractivity contribution in [2.45, 2.75) is 26.6 Å². The zero-order chi connectivity index (χ0) is 22.1. The van der Waals surface area contributed by atoms with Crippen molar-refractivity contribution < 1.29 is 22.7 Å². The van der Waals surface area contributed by atoms with Gasteiger partial charge in [0.25, 0.3) is 0 Å². The van der Waals surface area contributed by atoms with Gasteiger partial charge in [-0.1, -0.05) is 17.3 Å². The lowest BCUT2D eigenvalue weighted by molar-refractivity contribution is -0.137. The quantitative estimate of drug-likeness (QED) is 0.292. The van der Waals surface area contributed by atoms with E-state index >= 15 is 0 Å². The highest BCUT2D eigenvalue weighted by Crippen LogP contribution is 2.29. The summed E-state index contributed by atoms with van der Waals surface area (Å²) in [5.41, 5.74) is 1.10. The van der Waals surface area contributed by atoms with E-state index in [2.05, 4.69) is 15.2 Å². The number of oxime groups is 1. The highest BCUT2D eigenvalue weighted by atomic mass is 19.4. The third kappa shape index (κ3) is 6.62. The first-order valence-corrected chi connectivity index (χ1v) is 8.95. The molecule has 0 aliphatic rings. The van der Waals surface area contributed by atoms with Crippen molar-refractivity contribution in [3.63, 3.8) is 0 Å². The second-order valence-electron chi connectivity index (χ2n) is 6.15. The molecular weight excluding hydrogens is 401 g/mol. The molecule has 0 spiro atoms. The second-order valence-corrected chi connectivity index (χ2v) is 6.15. The molecule has 1 aromatic carbocycles. The van der Waals surface area contributed by atoms with Gasteiger partial charge in [0.2, 0.25) is 5.88 Å². The first kappa shape index (κ1) is 22.9. The van der Waals surface area contributed by atoms with E-state index in [0.29, 0.717) is 35.1 Å². The number of nitrogens with zero attached hydrogens (tertiary/aromatic N) is 4. The number of hydrazone groups is 1. The molecule has 0 unspecified atom stereocenters. The third-order valence-electron chi connectivity index (χ3n) is 4.04. The maximum Gasteiger partial charge on any atom is 0.416 e. The summed E-state index contributed by atoms with van der Waals surface area (Å²) in [5.74, 6) is 11.7. The molecule has 0 bridgehead atoms. The van der Waals surface area contributed by atoms with E-state index in [1.807, 2.05) is 6.92 Å². The van der Waals surface area contributed by atoms with Crippen molar-refractivity contribution in [2.24, 2.45) is 21.9 Å². The standard InChI is InChI=1S/C19H23F3N6O2/c1-3-28(24)17(26-23)12-29-18-9-6-15(10-25-18)13(2)27-30-11-14-4-7-16(8-5-14)19(20,21)22/h4-10H,3,11-12,23-24H2,1-2H3/b26-17-,27-13+. The zero-order valence-corrected chi connectivity index (χ0v) is 16.6. The van der Waals surface area contributed by atoms with Crippen molar-refractivity contribution in [1.29, 1.82) is 0 Å². The summed E-state index contributed by atoms with van der Waals surface area (Å²) in [5, 5.41) is 8.90. The summed E-state index contributed by atoms with van der Waals surface area (Å²) in [6.07, 6.45) is -2.82. The van der Waals surface area contributed by atoms with Gasteiger partial charge in [-0.25, -0.2) is 10.8 Å². The fourth-order valence-corrected chi connectivity index (χ4v) is 2.24. The minimum Gasteiger partial charge on any atom is -0.469 e. The van der Waals surface area contributed by atoms with Gasteiger partial charge in [0.05, 0.1) is 11.3 Å². The van der Waals surface area contributed by atoms with Gasteiger partial charge < -0.3 is 15.4 Å². The van der Waals surface area contributed by atoms with Crippen LogP contribution in [0.3, 0.4) is 0 Å². The van der Waals surface area contributed by atoms with Crippen molar-refractivity contribution in [2.75, 3.05) is 13.2 Å². The summed E-state index contributed by atoms with van der Waals surface area (Å²) >= 11 is 0. The molecule has 2 rings (SSSR count). The molecule has 11 heteroatoms. The Morgan fingerprint density at radius 3 is 2.40 bits per heavy atom. The summed E-state index contributed by atoms with van der Waals surface area (Å²) in [6.45, 7) is 4.19. The molecule has 2 aromatic rings. The minimum absolute atomic E-state index is 0.0400. The van der Waals surface area contributed by atoms with E-state index in [4.69, 9.17) is 21.3 Å². The van der Waals surface area contributed by atoms with Gasteiger partial charge in [-0.05, 0) is 37.6 Å². The van der Waals surface area contributed by atoms with Crippen LogP contribution in [0.4, 0.5) is 13.2 Å². The molecular formula is C19H23F3N6O2. The SMILES string of the molecule is CCN(N)/C(COc1ccc(/C(C)=N/OCc2ccc(C(F)(F)F)cc2)cn1)=N\N. The predicted octanol–water partition coefficient (Wildman–Crippen LogP) is 2.89. The average Bonchev–Trinajstić information content (AvgIpc) is 2.74. The molecule has 0 atom stereocenters. The highest BCUT2D eigenvalue weighted by Gasteiger charge is 2.29. The number of pyridine rings is 1. The molecule has 162 valence electrons. The maximum atomic E-state index is 12.6. The molecule has 0 amide bonds. The zero-order valence-electron chi connectivity index (χ0n) is 16.6. The molecule has 0 radical (unpaired) electrons. The molecule has 8 nitrogen and oxygen atoms in total. The fraction of sp³-hybridized carbons (Fsp3) is 0.316. The second kappa shape index (κ2) is 10.4. The van der Waals surface area contributed by atoms with Crippen LogP contribution in [0, 0.1) is 0 Å². The summed E-state index contributed by atoms with van der Waals surface area (Å²) in [7, 11) is 0. The van der Waals surface area contributed by atoms with Crippen LogP contribution >= 0.6 is 0 Å². The van der Waals surface area contributed by atoms with Crippen LogP contribution in [-0.4, -0.2) is 34.7 Å². The molecule has 0 saturated carbocycles. The topological polar surface area (TPSA) is 111 Å². The Morgan fingerprint density at radius 2 is 1.87 bits per heavy atom. The van der Waals surface area contributed by atoms with Gasteiger partial charge in [-0.3, -0.25) is 5.01 Å². The van der Waals surface area contributed by atoms with E-state index in [1.54, 1.807) is 25.3 Å². The number of amidine groups is 1. The molecule has 0 fully saturated rings. The number of aromatic nitrogens is 1. The lowest BCUT2D eigenvalue weighted by Gasteiger charge is -2.17. The Balaban J connectivity index is 1.89. The number of likely N-dealkylation sites (N-methyl/N-ethyl adjacent to an activating group) is 1. The summed E-state index contributed by atoms with van der Waals surface area (Å²) < 4.78 is 43.2. The molecule has 0 aliphatic carbocycles. The summed E-state index contributed by atoms with van der Waals surface area (Å²) in [6, 6.07) is 8.09. The summed E-state index contributed by atoms with van der Waals surface area (Å²) in [4.78, 5) is 9.39. The molecule has 0 saturated heterocycles. The van der Waals surface area contributed by atoms with E-state index < -0.39 is 11.7 Å². The smallest absolute Gasteiger partial charge is 0.416 e. The van der Waals surface area contributed by atoms with Gasteiger partial charge in [-0.15, -0.1) is 0 Å². The number of hydrazine groups is 1. The Hall–Kier alpha value is -3.34. The number of hydrogen-bond acceptors (Lipinski definition) is 7. The number of nitrogens with two attached hydrogens (primary N) is 2. The van der Waals surface area contributed by atoms with Crippen molar-refractivity contribution >= 4 is 11.5 Å². The number of rotatable bonds is 8. The first-order valence-electron chi connectivity index (χ1n) is 8.95. The number of ether oxygens (including phenoxy) is 1. The van der Waals surface area contributed by atoms with Crippen LogP contribution in [0.1, 0.15) is 30.5 Å². The lowest BCUT2D eigenvalue weighted by atomic mass is 10.1. The van der Waals surface area contributed by atoms with Crippen LogP contribution in [0.2, 0.25) is 0 Å². The first-order chi connectivity index (χ1) is 14.2. The third-order valence-corrected chi connectivity index (χ3v) is 4.04. The monoisotopic (exact) mass is 424 g/mol. The lowest BCUT2D eigenvalue weighted by Crippen LogP contribution is -2.41. The van der Waals surface area contributed by atoms with E-state index in [-0.39, 0.29) is 13.2 Å². The Labute approximate surface area is 171 Å². The number of halogens is 3. The van der Waals surface area contributed by atoms with Gasteiger partial charge in [0, 0.05) is 24.4 Å². The number of alkyl halides is 3. The van der Waals surface area contributed by atoms with E-state index in [9.17, 15) is 13.2 Å². The predicted molar refractivity (Wildman–Crippen MR) is 106 cm³/mol. The molecule has 1 aromatic heterocycles. The van der Waals surface area contributed by atoms with Crippen LogP contribution in [-0.2, 0) is 17.6 Å². The largest absolute Gasteiger partial charge is 0.469 e. The highest BCUT2D eigenvalue weighted by molar-refractivity contribution is 5.98. The van der Waals surface area contributed by atoms with Gasteiger partial charge in [0.15, 0.2) is 12.4 Å². The van der Waals surface area contributed by atoms with Crippen molar-refractivity contribution in [3.05, 3.63) is 59.3 Å². The Morgan fingerprint density at radius 1 is 1.17 bits per heavy atom. The molecule has 4 N–H and O–H groups in total. The fourth-order valence-electron chi connectivity index (χ4n) is 2.24. The molecule has 0 aliphatic heterocycles. The van der Waals surface area contributed by atoms with E-state index in [1.165, 1.54) is 17.1 Å². The average molecular weight is 424 g/mol. The van der Waals surface area contributed by atoms with Gasteiger partial charge >= 0.3 is 6.18 Å². The number of hydrogen-bond donors (Lipinski definition) is 2. The Kier molecular flexibility index (Phi) is 7.98. The maximum absolute atomic E-state index is 12.6. The van der Waals surface area contributed by atoms with Crippen LogP contribution in [0.15, 0.2) is 52.9 Å². The van der Waals surface area contributed by atoms with Crippen LogP contribution < -0.4 is 16.4 Å². The van der Waals surface area contributed by atoms with Crippen molar-refractivity contribution in [1.82, 2.24) is 9.99 Å². The molecule has 1 heterocycles. The normalized spacial score (nSPS) is 12.6. The van der Waals surface area contributed by atoms with Crippen LogP contribution in [0.25, 0.3) is 0 Å². The Bertz CT molecular complexity index is 867. The van der Waals surface area contributed by atoms with E-state index in [0.717, 1.165) is 12.1 Å². The van der Waals surface area contributed by atoms with Gasteiger partial charge in [0.1, 0.15) is 6.61 Å². The van der Waals surface area contributed by atoms with Crippen LogP contribution in [0.5, 0.6) is 5.88 Å². The van der Waals surface area contributed by atoms with Gasteiger partial charge in [-0.2, -0.15) is 18.3 Å².